The van der Waals surface area contributed by atoms with Gasteiger partial charge in [0.15, 0.2) is 5.96 Å². The van der Waals surface area contributed by atoms with Crippen LogP contribution >= 0.6 is 0 Å². The highest BCUT2D eigenvalue weighted by molar-refractivity contribution is 5.80. The Kier molecular flexibility index (Phi) is 5.36. The predicted octanol–water partition coefficient (Wildman–Crippen LogP) is 2.40. The molecule has 1 aliphatic rings. The van der Waals surface area contributed by atoms with Gasteiger partial charge < -0.3 is 15.4 Å². The summed E-state index contributed by atoms with van der Waals surface area (Å²) in [5, 5.41) is 6.53. The second-order valence-corrected chi connectivity index (χ2v) is 5.24. The first-order valence-electron chi connectivity index (χ1n) is 7.05. The summed E-state index contributed by atoms with van der Waals surface area (Å²) < 4.78 is 29.2. The Morgan fingerprint density at radius 1 is 1.48 bits per heavy atom. The number of ether oxygens (including phenoxy) is 1. The Bertz CT molecular complexity index is 494. The Morgan fingerprint density at radius 3 is 2.86 bits per heavy atom. The smallest absolute Gasteiger partial charge is 0.272 e. The average molecular weight is 297 g/mol. The number of guanidine groups is 1. The zero-order chi connectivity index (χ0) is 15.2. The van der Waals surface area contributed by atoms with Crippen molar-refractivity contribution >= 4 is 5.96 Å². The molecule has 0 amide bonds. The molecule has 2 N–H and O–H groups in total. The molecule has 1 saturated carbocycles. The molecule has 0 saturated heterocycles. The van der Waals surface area contributed by atoms with E-state index >= 15 is 0 Å². The highest BCUT2D eigenvalue weighted by Gasteiger charge is 2.33. The third kappa shape index (κ3) is 5.21. The lowest BCUT2D eigenvalue weighted by atomic mass is 10.2. The van der Waals surface area contributed by atoms with Crippen LogP contribution in [-0.2, 0) is 6.54 Å². The van der Waals surface area contributed by atoms with Crippen molar-refractivity contribution in [2.45, 2.75) is 32.4 Å². The zero-order valence-electron chi connectivity index (χ0n) is 12.3. The van der Waals surface area contributed by atoms with Gasteiger partial charge in [-0.15, -0.1) is 0 Å². The minimum Gasteiger partial charge on any atom is -0.488 e. The Labute approximate surface area is 123 Å². The molecule has 0 bridgehead atoms. The maximum Gasteiger partial charge on any atom is 0.272 e. The summed E-state index contributed by atoms with van der Waals surface area (Å²) in [5.41, 5.74) is 0.952. The standard InChI is InChI=1S/C15H21F2N3O/c1-10-6-13(10)20-15(18-2)19-8-11-4-3-5-12(7-11)21-9-14(16)17/h3-5,7,10,13-14H,6,8-9H2,1-2H3,(H2,18,19,20). The molecule has 2 atom stereocenters. The topological polar surface area (TPSA) is 45.7 Å². The summed E-state index contributed by atoms with van der Waals surface area (Å²) in [4.78, 5) is 4.16. The average Bonchev–Trinajstić information content (AvgIpc) is 3.17. The van der Waals surface area contributed by atoms with E-state index in [0.29, 0.717) is 24.3 Å². The molecule has 0 spiro atoms. The van der Waals surface area contributed by atoms with Crippen LogP contribution in [0.2, 0.25) is 0 Å². The Balaban J connectivity index is 1.82. The molecular weight excluding hydrogens is 276 g/mol. The largest absolute Gasteiger partial charge is 0.488 e. The lowest BCUT2D eigenvalue weighted by Gasteiger charge is -2.12. The van der Waals surface area contributed by atoms with Crippen molar-refractivity contribution in [3.8, 4) is 5.75 Å². The lowest BCUT2D eigenvalue weighted by Crippen LogP contribution is -2.38. The predicted molar refractivity (Wildman–Crippen MR) is 78.8 cm³/mol. The maximum absolute atomic E-state index is 12.1. The second kappa shape index (κ2) is 7.24. The van der Waals surface area contributed by atoms with Crippen LogP contribution in [-0.4, -0.2) is 32.1 Å². The number of alkyl halides is 2. The highest BCUT2D eigenvalue weighted by Crippen LogP contribution is 2.28. The van der Waals surface area contributed by atoms with Gasteiger partial charge in [-0.05, 0) is 30.0 Å². The molecule has 0 radical (unpaired) electrons. The summed E-state index contributed by atoms with van der Waals surface area (Å²) in [6, 6.07) is 7.62. The fourth-order valence-corrected chi connectivity index (χ4v) is 1.98. The Hall–Kier alpha value is -1.85. The van der Waals surface area contributed by atoms with Gasteiger partial charge in [-0.2, -0.15) is 0 Å². The van der Waals surface area contributed by atoms with Crippen molar-refractivity contribution < 1.29 is 13.5 Å². The van der Waals surface area contributed by atoms with Gasteiger partial charge in [-0.25, -0.2) is 8.78 Å². The number of nitrogens with zero attached hydrogens (tertiary/aromatic N) is 1. The van der Waals surface area contributed by atoms with Gasteiger partial charge in [0.25, 0.3) is 6.43 Å². The fraction of sp³-hybridized carbons (Fsp3) is 0.533. The summed E-state index contributed by atoms with van der Waals surface area (Å²) in [7, 11) is 1.73. The van der Waals surface area contributed by atoms with E-state index in [9.17, 15) is 8.78 Å². The van der Waals surface area contributed by atoms with Crippen LogP contribution in [0.3, 0.4) is 0 Å². The Morgan fingerprint density at radius 2 is 2.24 bits per heavy atom. The van der Waals surface area contributed by atoms with E-state index < -0.39 is 13.0 Å². The van der Waals surface area contributed by atoms with E-state index in [0.717, 1.165) is 17.9 Å². The van der Waals surface area contributed by atoms with Gasteiger partial charge in [-0.1, -0.05) is 19.1 Å². The molecule has 21 heavy (non-hydrogen) atoms. The summed E-state index contributed by atoms with van der Waals surface area (Å²) >= 11 is 0. The molecule has 2 unspecified atom stereocenters. The number of hydrogen-bond donors (Lipinski definition) is 2. The summed E-state index contributed by atoms with van der Waals surface area (Å²) in [6.07, 6.45) is -1.30. The minimum atomic E-state index is -2.46. The monoisotopic (exact) mass is 297 g/mol. The van der Waals surface area contributed by atoms with E-state index in [-0.39, 0.29) is 0 Å². The van der Waals surface area contributed by atoms with Crippen LogP contribution < -0.4 is 15.4 Å². The van der Waals surface area contributed by atoms with Crippen LogP contribution in [0.25, 0.3) is 0 Å². The molecule has 2 rings (SSSR count). The normalized spacial score (nSPS) is 21.3. The first kappa shape index (κ1) is 15.5. The third-order valence-electron chi connectivity index (χ3n) is 3.39. The summed E-state index contributed by atoms with van der Waals surface area (Å²) in [5.74, 6) is 1.89. The van der Waals surface area contributed by atoms with Crippen molar-refractivity contribution in [1.29, 1.82) is 0 Å². The minimum absolute atomic E-state index is 0.452. The molecule has 4 nitrogen and oxygen atoms in total. The number of rotatable bonds is 6. The van der Waals surface area contributed by atoms with E-state index in [2.05, 4.69) is 22.5 Å². The highest BCUT2D eigenvalue weighted by atomic mass is 19.3. The molecule has 1 aromatic rings. The molecule has 1 aromatic carbocycles. The zero-order valence-corrected chi connectivity index (χ0v) is 12.3. The first-order chi connectivity index (χ1) is 10.1. The van der Waals surface area contributed by atoms with Gasteiger partial charge in [0.1, 0.15) is 12.4 Å². The van der Waals surface area contributed by atoms with Gasteiger partial charge >= 0.3 is 0 Å². The van der Waals surface area contributed by atoms with Crippen molar-refractivity contribution in [3.63, 3.8) is 0 Å². The van der Waals surface area contributed by atoms with Gasteiger partial charge in [0, 0.05) is 19.6 Å². The molecule has 0 heterocycles. The van der Waals surface area contributed by atoms with Crippen molar-refractivity contribution in [2.24, 2.45) is 10.9 Å². The first-order valence-corrected chi connectivity index (χ1v) is 7.05. The molecule has 1 fully saturated rings. The van der Waals surface area contributed by atoms with Gasteiger partial charge in [0.2, 0.25) is 0 Å². The fourth-order valence-electron chi connectivity index (χ4n) is 1.98. The van der Waals surface area contributed by atoms with Crippen LogP contribution in [0.4, 0.5) is 8.78 Å². The number of benzene rings is 1. The molecular formula is C15H21F2N3O. The van der Waals surface area contributed by atoms with Gasteiger partial charge in [0.05, 0.1) is 0 Å². The molecule has 116 valence electrons. The van der Waals surface area contributed by atoms with Crippen molar-refractivity contribution in [1.82, 2.24) is 10.6 Å². The van der Waals surface area contributed by atoms with Crippen LogP contribution in [0.1, 0.15) is 18.9 Å². The number of nitrogens with one attached hydrogen (secondary N) is 2. The number of halogens is 2. The molecule has 6 heteroatoms. The molecule has 1 aliphatic carbocycles. The van der Waals surface area contributed by atoms with Crippen LogP contribution in [0, 0.1) is 5.92 Å². The SMILES string of the molecule is CN=C(NCc1cccc(OCC(F)F)c1)NC1CC1C. The summed E-state index contributed by atoms with van der Waals surface area (Å²) in [6.45, 7) is 2.17. The van der Waals surface area contributed by atoms with E-state index in [1.807, 2.05) is 6.07 Å². The van der Waals surface area contributed by atoms with E-state index in [4.69, 9.17) is 4.74 Å². The van der Waals surface area contributed by atoms with E-state index in [1.54, 1.807) is 25.2 Å². The number of aliphatic imine (C=N–C) groups is 1. The van der Waals surface area contributed by atoms with Crippen LogP contribution in [0.15, 0.2) is 29.3 Å². The molecule has 0 aromatic heterocycles. The van der Waals surface area contributed by atoms with Crippen molar-refractivity contribution in [2.75, 3.05) is 13.7 Å². The number of hydrogen-bond acceptors (Lipinski definition) is 2. The van der Waals surface area contributed by atoms with Crippen molar-refractivity contribution in [3.05, 3.63) is 29.8 Å². The van der Waals surface area contributed by atoms with Gasteiger partial charge in [-0.3, -0.25) is 4.99 Å². The third-order valence-corrected chi connectivity index (χ3v) is 3.39. The maximum atomic E-state index is 12.1. The quantitative estimate of drug-likeness (QED) is 0.626. The lowest BCUT2D eigenvalue weighted by molar-refractivity contribution is 0.0818. The molecule has 0 aliphatic heterocycles. The van der Waals surface area contributed by atoms with E-state index in [1.165, 1.54) is 0 Å². The van der Waals surface area contributed by atoms with Crippen LogP contribution in [0.5, 0.6) is 5.75 Å². The second-order valence-electron chi connectivity index (χ2n) is 5.24.